The molecule has 0 bridgehead atoms. The zero-order valence-corrected chi connectivity index (χ0v) is 21.3. The number of rotatable bonds is 8. The van der Waals surface area contributed by atoms with Crippen molar-refractivity contribution in [1.29, 1.82) is 0 Å². The molecule has 9 heteroatoms. The minimum atomic E-state index is -0.0506. The van der Waals surface area contributed by atoms with E-state index in [1.54, 1.807) is 4.68 Å². The predicted molar refractivity (Wildman–Crippen MR) is 139 cm³/mol. The third-order valence-electron chi connectivity index (χ3n) is 6.43. The van der Waals surface area contributed by atoms with E-state index in [4.69, 9.17) is 21.2 Å². The summed E-state index contributed by atoms with van der Waals surface area (Å²) in [6.07, 6.45) is 4.51. The molecule has 184 valence electrons. The Kier molecular flexibility index (Phi) is 8.21. The summed E-state index contributed by atoms with van der Waals surface area (Å²) in [7, 11) is 0. The average molecular weight is 514 g/mol. The van der Waals surface area contributed by atoms with Crippen LogP contribution < -0.4 is 5.56 Å². The maximum atomic E-state index is 13.3. The van der Waals surface area contributed by atoms with Gasteiger partial charge >= 0.3 is 0 Å². The van der Waals surface area contributed by atoms with Crippen LogP contribution in [0.2, 0.25) is 5.02 Å². The van der Waals surface area contributed by atoms with Crippen molar-refractivity contribution in [2.24, 2.45) is 0 Å². The Balaban J connectivity index is 0.00000289. The lowest BCUT2D eigenvalue weighted by Crippen LogP contribution is -2.37. The minimum Gasteiger partial charge on any atom is -0.338 e. The molecule has 1 fully saturated rings. The number of nitrogens with zero attached hydrogens (tertiary/aromatic N) is 5. The summed E-state index contributed by atoms with van der Waals surface area (Å²) in [5.74, 6) is 1.39. The molecule has 0 amide bonds. The highest BCUT2D eigenvalue weighted by molar-refractivity contribution is 6.30. The first kappa shape index (κ1) is 25.4. The molecule has 5 rings (SSSR count). The van der Waals surface area contributed by atoms with Crippen molar-refractivity contribution < 1.29 is 4.52 Å². The molecule has 35 heavy (non-hydrogen) atoms. The Morgan fingerprint density at radius 1 is 1.11 bits per heavy atom. The van der Waals surface area contributed by atoms with Gasteiger partial charge in [-0.25, -0.2) is 4.68 Å². The first-order valence-corrected chi connectivity index (χ1v) is 12.3. The highest BCUT2D eigenvalue weighted by Crippen LogP contribution is 2.22. The second kappa shape index (κ2) is 11.3. The number of hydrogen-bond acceptors (Lipinski definition) is 6. The van der Waals surface area contributed by atoms with Gasteiger partial charge in [0, 0.05) is 29.3 Å². The van der Waals surface area contributed by atoms with Crippen molar-refractivity contribution in [3.63, 3.8) is 0 Å². The lowest BCUT2D eigenvalue weighted by Gasteiger charge is -2.23. The van der Waals surface area contributed by atoms with E-state index < -0.39 is 0 Å². The molecule has 0 spiro atoms. The standard InChI is InChI=1S/C26H28ClN5O2.ClH/c1-2-6-24-28-25(34-30-24)17-31-14-5-7-20(31)16-32-26(33)22-9-4-3-8-21(22)23(29-32)15-18-10-12-19(27)13-11-18;/h3-4,8-13,20H,2,5-7,14-17H2,1H3;1H/t20-;/m1./s1. The molecule has 2 aromatic carbocycles. The van der Waals surface area contributed by atoms with E-state index in [-0.39, 0.29) is 24.0 Å². The van der Waals surface area contributed by atoms with Crippen molar-refractivity contribution >= 4 is 34.8 Å². The summed E-state index contributed by atoms with van der Waals surface area (Å²) in [5, 5.41) is 11.2. The molecule has 0 radical (unpaired) electrons. The lowest BCUT2D eigenvalue weighted by atomic mass is 10.0. The van der Waals surface area contributed by atoms with Crippen LogP contribution >= 0.6 is 24.0 Å². The highest BCUT2D eigenvalue weighted by Gasteiger charge is 2.27. The van der Waals surface area contributed by atoms with E-state index in [2.05, 4.69) is 22.0 Å². The third kappa shape index (κ3) is 5.74. The highest BCUT2D eigenvalue weighted by atomic mass is 35.5. The summed E-state index contributed by atoms with van der Waals surface area (Å²) < 4.78 is 7.10. The van der Waals surface area contributed by atoms with Crippen LogP contribution in [0.5, 0.6) is 0 Å². The van der Waals surface area contributed by atoms with Gasteiger partial charge in [-0.1, -0.05) is 54.0 Å². The monoisotopic (exact) mass is 513 g/mol. The Morgan fingerprint density at radius 3 is 2.66 bits per heavy atom. The normalized spacial score (nSPS) is 16.0. The van der Waals surface area contributed by atoms with Gasteiger partial charge in [0.25, 0.3) is 5.56 Å². The molecule has 0 unspecified atom stereocenters. The van der Waals surface area contributed by atoms with Gasteiger partial charge in [0.05, 0.1) is 24.2 Å². The molecule has 3 heterocycles. The molecule has 0 aliphatic carbocycles. The predicted octanol–water partition coefficient (Wildman–Crippen LogP) is 5.06. The summed E-state index contributed by atoms with van der Waals surface area (Å²) in [6, 6.07) is 15.7. The van der Waals surface area contributed by atoms with Crippen LogP contribution in [0.25, 0.3) is 10.8 Å². The fourth-order valence-electron chi connectivity index (χ4n) is 4.72. The zero-order chi connectivity index (χ0) is 23.5. The second-order valence-corrected chi connectivity index (χ2v) is 9.34. The fraction of sp³-hybridized carbons (Fsp3) is 0.385. The van der Waals surface area contributed by atoms with Crippen LogP contribution in [0.4, 0.5) is 0 Å². The molecule has 2 aromatic heterocycles. The van der Waals surface area contributed by atoms with Crippen molar-refractivity contribution in [2.45, 2.75) is 58.2 Å². The zero-order valence-electron chi connectivity index (χ0n) is 19.7. The van der Waals surface area contributed by atoms with Crippen LogP contribution in [0, 0.1) is 0 Å². The van der Waals surface area contributed by atoms with Gasteiger partial charge in [-0.3, -0.25) is 9.69 Å². The number of hydrogen-bond donors (Lipinski definition) is 0. The maximum absolute atomic E-state index is 13.3. The Labute approximate surface area is 215 Å². The van der Waals surface area contributed by atoms with Crippen molar-refractivity contribution in [2.75, 3.05) is 6.54 Å². The van der Waals surface area contributed by atoms with Crippen LogP contribution in [-0.4, -0.2) is 37.4 Å². The Hall–Kier alpha value is -2.74. The van der Waals surface area contributed by atoms with E-state index in [0.29, 0.717) is 35.8 Å². The average Bonchev–Trinajstić information content (AvgIpc) is 3.48. The fourth-order valence-corrected chi connectivity index (χ4v) is 4.84. The molecule has 4 aromatic rings. The molecular weight excluding hydrogens is 485 g/mol. The van der Waals surface area contributed by atoms with Gasteiger partial charge in [0.1, 0.15) is 0 Å². The molecular formula is C26H29Cl2N5O2. The van der Waals surface area contributed by atoms with Gasteiger partial charge in [0.15, 0.2) is 5.82 Å². The van der Waals surface area contributed by atoms with Gasteiger partial charge < -0.3 is 4.52 Å². The van der Waals surface area contributed by atoms with Crippen molar-refractivity contribution in [3.8, 4) is 0 Å². The number of aromatic nitrogens is 4. The largest absolute Gasteiger partial charge is 0.338 e. The van der Waals surface area contributed by atoms with Crippen molar-refractivity contribution in [3.05, 3.63) is 86.9 Å². The topological polar surface area (TPSA) is 77.0 Å². The Bertz CT molecular complexity index is 1340. The second-order valence-electron chi connectivity index (χ2n) is 8.90. The van der Waals surface area contributed by atoms with Gasteiger partial charge in [-0.2, -0.15) is 10.1 Å². The van der Waals surface area contributed by atoms with Crippen LogP contribution in [0.1, 0.15) is 49.2 Å². The molecule has 1 atom stereocenters. The third-order valence-corrected chi connectivity index (χ3v) is 6.69. The van der Waals surface area contributed by atoms with Gasteiger partial charge in [0.2, 0.25) is 5.89 Å². The van der Waals surface area contributed by atoms with E-state index in [9.17, 15) is 4.79 Å². The number of aryl methyl sites for hydroxylation is 1. The minimum absolute atomic E-state index is 0. The van der Waals surface area contributed by atoms with Crippen LogP contribution in [-0.2, 0) is 25.9 Å². The van der Waals surface area contributed by atoms with Crippen molar-refractivity contribution in [1.82, 2.24) is 24.8 Å². The lowest BCUT2D eigenvalue weighted by molar-refractivity contribution is 0.190. The van der Waals surface area contributed by atoms with E-state index >= 15 is 0 Å². The molecule has 7 nitrogen and oxygen atoms in total. The number of likely N-dealkylation sites (tertiary alicyclic amines) is 1. The molecule has 1 aliphatic rings. The Morgan fingerprint density at radius 2 is 1.89 bits per heavy atom. The maximum Gasteiger partial charge on any atom is 0.274 e. The molecule has 0 saturated carbocycles. The first-order valence-electron chi connectivity index (χ1n) is 11.9. The van der Waals surface area contributed by atoms with Gasteiger partial charge in [-0.15, -0.1) is 12.4 Å². The van der Waals surface area contributed by atoms with Crippen LogP contribution in [0.15, 0.2) is 57.8 Å². The quantitative estimate of drug-likeness (QED) is 0.327. The van der Waals surface area contributed by atoms with Crippen LogP contribution in [0.3, 0.4) is 0 Å². The van der Waals surface area contributed by atoms with E-state index in [1.165, 1.54) is 0 Å². The summed E-state index contributed by atoms with van der Waals surface area (Å²) in [6.45, 7) is 4.17. The van der Waals surface area contributed by atoms with E-state index in [0.717, 1.165) is 54.7 Å². The summed E-state index contributed by atoms with van der Waals surface area (Å²) in [5.41, 5.74) is 1.95. The number of halogens is 2. The smallest absolute Gasteiger partial charge is 0.274 e. The molecule has 1 aliphatic heterocycles. The SMILES string of the molecule is CCCc1noc(CN2CCC[C@@H]2Cn2nc(Cc3ccc(Cl)cc3)c3ccccc3c2=O)n1.Cl. The molecule has 1 saturated heterocycles. The summed E-state index contributed by atoms with van der Waals surface area (Å²) >= 11 is 6.06. The van der Waals surface area contributed by atoms with Gasteiger partial charge in [-0.05, 0) is 49.6 Å². The number of benzene rings is 2. The number of fused-ring (bicyclic) bond motifs is 1. The molecule has 0 N–H and O–H groups in total. The summed E-state index contributed by atoms with van der Waals surface area (Å²) in [4.78, 5) is 20.2. The first-order chi connectivity index (χ1) is 16.6. The van der Waals surface area contributed by atoms with E-state index in [1.807, 2.05) is 48.5 Å².